The van der Waals surface area contributed by atoms with Crippen molar-refractivity contribution in [2.75, 3.05) is 0 Å². The van der Waals surface area contributed by atoms with Crippen LogP contribution in [-0.2, 0) is 9.53 Å². The van der Waals surface area contributed by atoms with Gasteiger partial charge in [-0.3, -0.25) is 0 Å². The number of hydrogen-bond donors (Lipinski definition) is 0. The summed E-state index contributed by atoms with van der Waals surface area (Å²) in [6, 6.07) is 9.59. The second-order valence-corrected chi connectivity index (χ2v) is 6.15. The molecule has 1 aliphatic rings. The van der Waals surface area contributed by atoms with Crippen LogP contribution < -0.4 is 0 Å². The number of carbonyl (C=O) groups excluding carboxylic acids is 1. The van der Waals surface area contributed by atoms with E-state index in [1.165, 1.54) is 0 Å². The zero-order valence-electron chi connectivity index (χ0n) is 10.6. The molecule has 0 N–H and O–H groups in total. The van der Waals surface area contributed by atoms with Crippen molar-refractivity contribution in [1.29, 1.82) is 0 Å². The number of rotatable bonds is 2. The minimum absolute atomic E-state index is 0.336. The summed E-state index contributed by atoms with van der Waals surface area (Å²) in [5, 5.41) is 1.95. The van der Waals surface area contributed by atoms with E-state index in [0.717, 1.165) is 20.5 Å². The summed E-state index contributed by atoms with van der Waals surface area (Å²) in [4.78, 5) is 17.1. The van der Waals surface area contributed by atoms with Crippen molar-refractivity contribution in [3.63, 3.8) is 0 Å². The number of benzene rings is 1. The largest absolute Gasteiger partial charge is 0.402 e. The Morgan fingerprint density at radius 1 is 1.35 bits per heavy atom. The fraction of sp³-hybridized carbons (Fsp3) is 0.0667. The van der Waals surface area contributed by atoms with Gasteiger partial charge in [0.05, 0.1) is 0 Å². The highest BCUT2D eigenvalue weighted by Crippen LogP contribution is 2.23. The zero-order valence-corrected chi connectivity index (χ0v) is 13.0. The first-order valence-corrected chi connectivity index (χ1v) is 7.63. The van der Waals surface area contributed by atoms with Crippen molar-refractivity contribution in [1.82, 2.24) is 0 Å². The zero-order chi connectivity index (χ0) is 14.1. The smallest absolute Gasteiger partial charge is 0.363 e. The monoisotopic (exact) mass is 347 g/mol. The third-order valence-electron chi connectivity index (χ3n) is 2.85. The van der Waals surface area contributed by atoms with E-state index in [4.69, 9.17) is 4.74 Å². The van der Waals surface area contributed by atoms with E-state index in [1.807, 2.05) is 42.6 Å². The standard InChI is InChI=1S/C15H10BrNO2S/c1-9-7-10(4-5-12(9)16)14-17-13(15(18)19-14)8-11-3-2-6-20-11/h2-8H,1H3. The van der Waals surface area contributed by atoms with Crippen molar-refractivity contribution in [3.05, 3.63) is 61.9 Å². The van der Waals surface area contributed by atoms with Gasteiger partial charge in [-0.05, 0) is 48.2 Å². The minimum Gasteiger partial charge on any atom is -0.402 e. The highest BCUT2D eigenvalue weighted by molar-refractivity contribution is 9.10. The predicted octanol–water partition coefficient (Wildman–Crippen LogP) is 4.16. The number of aliphatic imine (C=N–C) groups is 1. The van der Waals surface area contributed by atoms with Gasteiger partial charge in [-0.25, -0.2) is 9.79 Å². The number of nitrogens with zero attached hydrogens (tertiary/aromatic N) is 1. The van der Waals surface area contributed by atoms with Gasteiger partial charge in [0.25, 0.3) is 0 Å². The summed E-state index contributed by atoms with van der Waals surface area (Å²) in [5.74, 6) is -0.0534. The summed E-state index contributed by atoms with van der Waals surface area (Å²) < 4.78 is 6.25. The molecule has 1 aromatic carbocycles. The Hall–Kier alpha value is -1.72. The molecule has 0 fully saturated rings. The van der Waals surface area contributed by atoms with E-state index in [-0.39, 0.29) is 0 Å². The molecule has 1 aliphatic heterocycles. The highest BCUT2D eigenvalue weighted by atomic mass is 79.9. The van der Waals surface area contributed by atoms with Crippen LogP contribution >= 0.6 is 27.3 Å². The van der Waals surface area contributed by atoms with Gasteiger partial charge in [-0.15, -0.1) is 11.3 Å². The van der Waals surface area contributed by atoms with Crippen LogP contribution in [0.1, 0.15) is 16.0 Å². The topological polar surface area (TPSA) is 38.7 Å². The Morgan fingerprint density at radius 2 is 2.20 bits per heavy atom. The van der Waals surface area contributed by atoms with Crippen molar-refractivity contribution < 1.29 is 9.53 Å². The Labute approximate surface area is 128 Å². The van der Waals surface area contributed by atoms with Crippen LogP contribution in [0, 0.1) is 6.92 Å². The molecule has 100 valence electrons. The van der Waals surface area contributed by atoms with Crippen LogP contribution in [0.5, 0.6) is 0 Å². The number of halogens is 1. The average Bonchev–Trinajstić information content (AvgIpc) is 3.04. The molecule has 3 nitrogen and oxygen atoms in total. The average molecular weight is 348 g/mol. The maximum atomic E-state index is 11.8. The van der Waals surface area contributed by atoms with Gasteiger partial charge >= 0.3 is 5.97 Å². The molecule has 0 bridgehead atoms. The molecular formula is C15H10BrNO2S. The van der Waals surface area contributed by atoms with Crippen LogP contribution in [0.2, 0.25) is 0 Å². The molecule has 0 spiro atoms. The van der Waals surface area contributed by atoms with Gasteiger partial charge in [0.2, 0.25) is 5.90 Å². The predicted molar refractivity (Wildman–Crippen MR) is 83.8 cm³/mol. The van der Waals surface area contributed by atoms with Gasteiger partial charge in [0, 0.05) is 14.9 Å². The van der Waals surface area contributed by atoms with E-state index in [1.54, 1.807) is 17.4 Å². The molecule has 0 amide bonds. The molecule has 0 atom stereocenters. The summed E-state index contributed by atoms with van der Waals surface area (Å²) in [6.07, 6.45) is 1.74. The van der Waals surface area contributed by atoms with Crippen molar-refractivity contribution in [2.45, 2.75) is 6.92 Å². The SMILES string of the molecule is Cc1cc(C2=NC(=Cc3cccs3)C(=O)O2)ccc1Br. The summed E-state index contributed by atoms with van der Waals surface area (Å²) >= 11 is 5.00. The minimum atomic E-state index is -0.408. The Bertz CT molecular complexity index is 732. The summed E-state index contributed by atoms with van der Waals surface area (Å²) in [7, 11) is 0. The van der Waals surface area contributed by atoms with Crippen LogP contribution in [0.25, 0.3) is 6.08 Å². The van der Waals surface area contributed by atoms with E-state index < -0.39 is 5.97 Å². The lowest BCUT2D eigenvalue weighted by atomic mass is 10.1. The number of ether oxygens (including phenoxy) is 1. The second kappa shape index (κ2) is 5.34. The molecular weight excluding hydrogens is 338 g/mol. The van der Waals surface area contributed by atoms with Crippen molar-refractivity contribution >= 4 is 45.2 Å². The summed E-state index contributed by atoms with van der Waals surface area (Å²) in [6.45, 7) is 1.98. The quantitative estimate of drug-likeness (QED) is 0.604. The number of esters is 1. The molecule has 1 aromatic heterocycles. The molecule has 0 unspecified atom stereocenters. The molecule has 2 heterocycles. The van der Waals surface area contributed by atoms with Gasteiger partial charge < -0.3 is 4.74 Å². The first kappa shape index (κ1) is 13.3. The first-order valence-electron chi connectivity index (χ1n) is 5.96. The Kier molecular flexibility index (Phi) is 3.54. The lowest BCUT2D eigenvalue weighted by molar-refractivity contribution is -0.129. The fourth-order valence-corrected chi connectivity index (χ4v) is 2.72. The maximum Gasteiger partial charge on any atom is 0.363 e. The van der Waals surface area contributed by atoms with Crippen LogP contribution in [-0.4, -0.2) is 11.9 Å². The second-order valence-electron chi connectivity index (χ2n) is 4.32. The number of aryl methyl sites for hydroxylation is 1. The normalized spacial score (nSPS) is 16.4. The van der Waals surface area contributed by atoms with E-state index in [9.17, 15) is 4.79 Å². The van der Waals surface area contributed by atoms with Crippen LogP contribution in [0.3, 0.4) is 0 Å². The maximum absolute atomic E-state index is 11.8. The van der Waals surface area contributed by atoms with Gasteiger partial charge in [0.15, 0.2) is 5.70 Å². The van der Waals surface area contributed by atoms with E-state index in [0.29, 0.717) is 11.6 Å². The molecule has 5 heteroatoms. The number of carbonyl (C=O) groups is 1. The molecule has 2 aromatic rings. The molecule has 0 saturated carbocycles. The number of hydrogen-bond acceptors (Lipinski definition) is 4. The molecule has 3 rings (SSSR count). The summed E-state index contributed by atoms with van der Waals surface area (Å²) in [5.41, 5.74) is 2.20. The van der Waals surface area contributed by atoms with Crippen molar-refractivity contribution in [3.8, 4) is 0 Å². The number of thiophene rings is 1. The van der Waals surface area contributed by atoms with E-state index >= 15 is 0 Å². The van der Waals surface area contributed by atoms with E-state index in [2.05, 4.69) is 20.9 Å². The van der Waals surface area contributed by atoms with Crippen LogP contribution in [0.4, 0.5) is 0 Å². The molecule has 0 radical (unpaired) electrons. The molecule has 20 heavy (non-hydrogen) atoms. The van der Waals surface area contributed by atoms with Gasteiger partial charge in [-0.1, -0.05) is 22.0 Å². The molecule has 0 aliphatic carbocycles. The first-order chi connectivity index (χ1) is 9.63. The fourth-order valence-electron chi connectivity index (χ4n) is 1.82. The van der Waals surface area contributed by atoms with Crippen molar-refractivity contribution in [2.24, 2.45) is 4.99 Å². The van der Waals surface area contributed by atoms with Gasteiger partial charge in [0.1, 0.15) is 0 Å². The Balaban J connectivity index is 1.96. The third kappa shape index (κ3) is 2.59. The van der Waals surface area contributed by atoms with Gasteiger partial charge in [-0.2, -0.15) is 0 Å². The van der Waals surface area contributed by atoms with Crippen LogP contribution in [0.15, 0.2) is 50.9 Å². The highest BCUT2D eigenvalue weighted by Gasteiger charge is 2.24. The lowest BCUT2D eigenvalue weighted by Gasteiger charge is -2.02. The lowest BCUT2D eigenvalue weighted by Crippen LogP contribution is -2.05. The number of cyclic esters (lactones) is 1. The molecule has 0 saturated heterocycles. The Morgan fingerprint density at radius 3 is 2.90 bits per heavy atom. The third-order valence-corrected chi connectivity index (χ3v) is 4.56.